The summed E-state index contributed by atoms with van der Waals surface area (Å²) in [6, 6.07) is 5.93. The van der Waals surface area contributed by atoms with Gasteiger partial charge in [-0.15, -0.1) is 0 Å². The first kappa shape index (κ1) is 12.0. The first-order valence-electron chi connectivity index (χ1n) is 6.52. The minimum Gasteiger partial charge on any atom is -0.346 e. The van der Waals surface area contributed by atoms with Gasteiger partial charge in [0.05, 0.1) is 13.1 Å². The van der Waals surface area contributed by atoms with Crippen molar-refractivity contribution in [3.63, 3.8) is 0 Å². The standard InChI is InChI=1S/C14H17ClN2O/c1-10(18)17-9-14(4-6-16-7-5-14)12-8-11(15)2-3-13(12)17/h2-3,8,16H,4-7,9H2,1H3/p+1. The third kappa shape index (κ3) is 1.73. The molecule has 0 bridgehead atoms. The summed E-state index contributed by atoms with van der Waals surface area (Å²) in [7, 11) is 0. The van der Waals surface area contributed by atoms with Crippen molar-refractivity contribution < 1.29 is 10.1 Å². The molecule has 1 aromatic carbocycles. The van der Waals surface area contributed by atoms with Gasteiger partial charge in [-0.2, -0.15) is 0 Å². The van der Waals surface area contributed by atoms with Gasteiger partial charge in [-0.1, -0.05) is 11.6 Å². The first-order valence-corrected chi connectivity index (χ1v) is 6.90. The number of hydrogen-bond acceptors (Lipinski definition) is 1. The highest BCUT2D eigenvalue weighted by atomic mass is 35.5. The van der Waals surface area contributed by atoms with Crippen molar-refractivity contribution >= 4 is 23.2 Å². The lowest BCUT2D eigenvalue weighted by atomic mass is 9.75. The van der Waals surface area contributed by atoms with E-state index in [1.807, 2.05) is 17.0 Å². The molecule has 18 heavy (non-hydrogen) atoms. The molecule has 2 aliphatic heterocycles. The van der Waals surface area contributed by atoms with Crippen LogP contribution in [0.1, 0.15) is 25.3 Å². The predicted molar refractivity (Wildman–Crippen MR) is 72.1 cm³/mol. The number of rotatable bonds is 0. The third-order valence-corrected chi connectivity index (χ3v) is 4.55. The molecule has 3 nitrogen and oxygen atoms in total. The number of hydrogen-bond donors (Lipinski definition) is 1. The highest BCUT2D eigenvalue weighted by Gasteiger charge is 2.45. The summed E-state index contributed by atoms with van der Waals surface area (Å²) in [5.41, 5.74) is 2.48. The Bertz CT molecular complexity index is 495. The van der Waals surface area contributed by atoms with Crippen LogP contribution in [-0.2, 0) is 10.2 Å². The Morgan fingerprint density at radius 3 is 2.78 bits per heavy atom. The van der Waals surface area contributed by atoms with Crippen molar-refractivity contribution in [2.45, 2.75) is 25.2 Å². The third-order valence-electron chi connectivity index (χ3n) is 4.32. The molecule has 0 atom stereocenters. The summed E-state index contributed by atoms with van der Waals surface area (Å²) in [5, 5.41) is 3.12. The second kappa shape index (κ2) is 4.25. The number of carbonyl (C=O) groups is 1. The van der Waals surface area contributed by atoms with Crippen LogP contribution in [0.5, 0.6) is 0 Å². The number of nitrogens with zero attached hydrogens (tertiary/aromatic N) is 1. The van der Waals surface area contributed by atoms with Crippen LogP contribution in [0, 0.1) is 0 Å². The summed E-state index contributed by atoms with van der Waals surface area (Å²) in [5.74, 6) is 0.130. The van der Waals surface area contributed by atoms with E-state index in [1.165, 1.54) is 5.56 Å². The molecule has 0 aliphatic carbocycles. The molecular weight excluding hydrogens is 248 g/mol. The molecular formula is C14H18ClN2O+. The molecule has 0 aromatic heterocycles. The van der Waals surface area contributed by atoms with E-state index < -0.39 is 0 Å². The summed E-state index contributed by atoms with van der Waals surface area (Å²) >= 11 is 6.14. The maximum Gasteiger partial charge on any atom is 0.223 e. The average Bonchev–Trinajstić information content (AvgIpc) is 2.65. The largest absolute Gasteiger partial charge is 0.346 e. The molecule has 1 spiro atoms. The van der Waals surface area contributed by atoms with Crippen LogP contribution in [0.4, 0.5) is 5.69 Å². The van der Waals surface area contributed by atoms with Crippen LogP contribution in [0.2, 0.25) is 5.02 Å². The lowest BCUT2D eigenvalue weighted by Gasteiger charge is -2.32. The number of amides is 1. The molecule has 0 unspecified atom stereocenters. The minimum absolute atomic E-state index is 0.130. The van der Waals surface area contributed by atoms with E-state index in [2.05, 4.69) is 11.4 Å². The molecule has 4 heteroatoms. The Morgan fingerprint density at radius 2 is 2.11 bits per heavy atom. The Balaban J connectivity index is 2.10. The lowest BCUT2D eigenvalue weighted by Crippen LogP contribution is -2.87. The number of halogens is 1. The Kier molecular flexibility index (Phi) is 2.83. The van der Waals surface area contributed by atoms with Crippen molar-refractivity contribution in [2.24, 2.45) is 0 Å². The lowest BCUT2D eigenvalue weighted by molar-refractivity contribution is -0.665. The summed E-state index contributed by atoms with van der Waals surface area (Å²) in [6.45, 7) is 4.74. The van der Waals surface area contributed by atoms with Crippen LogP contribution in [0.25, 0.3) is 0 Å². The van der Waals surface area contributed by atoms with E-state index in [4.69, 9.17) is 11.6 Å². The van der Waals surface area contributed by atoms with Gasteiger partial charge in [-0.3, -0.25) is 4.79 Å². The number of benzene rings is 1. The smallest absolute Gasteiger partial charge is 0.223 e. The second-order valence-corrected chi connectivity index (χ2v) is 5.85. The molecule has 2 heterocycles. The van der Waals surface area contributed by atoms with Gasteiger partial charge in [-0.05, 0) is 23.8 Å². The van der Waals surface area contributed by atoms with E-state index >= 15 is 0 Å². The minimum atomic E-state index is 0.130. The van der Waals surface area contributed by atoms with Gasteiger partial charge < -0.3 is 10.2 Å². The van der Waals surface area contributed by atoms with E-state index in [-0.39, 0.29) is 11.3 Å². The second-order valence-electron chi connectivity index (χ2n) is 5.41. The van der Waals surface area contributed by atoms with Crippen LogP contribution in [-0.4, -0.2) is 25.5 Å². The van der Waals surface area contributed by atoms with E-state index in [9.17, 15) is 4.79 Å². The Morgan fingerprint density at radius 1 is 1.39 bits per heavy atom. The number of fused-ring (bicyclic) bond motifs is 2. The fourth-order valence-electron chi connectivity index (χ4n) is 3.38. The summed E-state index contributed by atoms with van der Waals surface area (Å²) in [6.07, 6.45) is 2.26. The number of anilines is 1. The van der Waals surface area contributed by atoms with Gasteiger partial charge in [-0.25, -0.2) is 0 Å². The Hall–Kier alpha value is -1.06. The molecule has 3 rings (SSSR count). The Labute approximate surface area is 112 Å². The van der Waals surface area contributed by atoms with Crippen LogP contribution in [0.15, 0.2) is 18.2 Å². The van der Waals surface area contributed by atoms with Gasteiger partial charge >= 0.3 is 0 Å². The van der Waals surface area contributed by atoms with Crippen LogP contribution >= 0.6 is 11.6 Å². The topological polar surface area (TPSA) is 36.9 Å². The molecule has 1 amide bonds. The van der Waals surface area contributed by atoms with E-state index in [1.54, 1.807) is 6.92 Å². The SMILES string of the molecule is CC(=O)N1CC2(CC[NH2+]CC2)c2cc(Cl)ccc21. The zero-order valence-electron chi connectivity index (χ0n) is 10.6. The average molecular weight is 266 g/mol. The molecule has 0 saturated carbocycles. The summed E-state index contributed by atoms with van der Waals surface area (Å²) in [4.78, 5) is 13.7. The van der Waals surface area contributed by atoms with Crippen LogP contribution in [0.3, 0.4) is 0 Å². The quantitative estimate of drug-likeness (QED) is 0.754. The molecule has 1 aromatic rings. The molecule has 1 saturated heterocycles. The van der Waals surface area contributed by atoms with Crippen molar-refractivity contribution in [3.05, 3.63) is 28.8 Å². The first-order chi connectivity index (χ1) is 8.62. The zero-order chi connectivity index (χ0) is 12.8. The number of carbonyl (C=O) groups excluding carboxylic acids is 1. The van der Waals surface area contributed by atoms with E-state index in [0.29, 0.717) is 0 Å². The summed E-state index contributed by atoms with van der Waals surface area (Å²) < 4.78 is 0. The maximum atomic E-state index is 11.8. The highest BCUT2D eigenvalue weighted by molar-refractivity contribution is 6.30. The zero-order valence-corrected chi connectivity index (χ0v) is 11.3. The predicted octanol–water partition coefficient (Wildman–Crippen LogP) is 1.30. The molecule has 96 valence electrons. The van der Waals surface area contributed by atoms with Crippen molar-refractivity contribution in [1.29, 1.82) is 0 Å². The number of quaternary nitrogens is 1. The van der Waals surface area contributed by atoms with Crippen molar-refractivity contribution in [2.75, 3.05) is 24.5 Å². The van der Waals surface area contributed by atoms with Crippen molar-refractivity contribution in [1.82, 2.24) is 0 Å². The highest BCUT2D eigenvalue weighted by Crippen LogP contribution is 2.46. The fraction of sp³-hybridized carbons (Fsp3) is 0.500. The van der Waals surface area contributed by atoms with Gasteiger partial charge in [0.25, 0.3) is 0 Å². The molecule has 0 radical (unpaired) electrons. The normalized spacial score (nSPS) is 21.1. The molecule has 2 N–H and O–H groups in total. The monoisotopic (exact) mass is 265 g/mol. The fourth-order valence-corrected chi connectivity index (χ4v) is 3.55. The van der Waals surface area contributed by atoms with E-state index in [0.717, 1.165) is 43.2 Å². The molecule has 2 aliphatic rings. The van der Waals surface area contributed by atoms with Crippen LogP contribution < -0.4 is 10.2 Å². The number of nitrogens with two attached hydrogens (primary N) is 1. The maximum absolute atomic E-state index is 11.8. The van der Waals surface area contributed by atoms with Crippen molar-refractivity contribution in [3.8, 4) is 0 Å². The molecule has 1 fully saturated rings. The van der Waals surface area contributed by atoms with Gasteiger partial charge in [0.2, 0.25) is 5.91 Å². The van der Waals surface area contributed by atoms with Gasteiger partial charge in [0.1, 0.15) is 0 Å². The number of piperidine rings is 1. The van der Waals surface area contributed by atoms with Gasteiger partial charge in [0.15, 0.2) is 0 Å². The van der Waals surface area contributed by atoms with Gasteiger partial charge in [0, 0.05) is 42.4 Å².